The summed E-state index contributed by atoms with van der Waals surface area (Å²) in [5.74, 6) is 0.387. The fraction of sp³-hybridized carbons (Fsp3) is 0.500. The zero-order valence-electron chi connectivity index (χ0n) is 11.6. The highest BCUT2D eigenvalue weighted by atomic mass is 35.5. The summed E-state index contributed by atoms with van der Waals surface area (Å²) in [6.07, 6.45) is 3.72. The van der Waals surface area contributed by atoms with Gasteiger partial charge in [0.2, 0.25) is 5.82 Å². The number of aromatic nitrogens is 4. The number of carbonyl (C=O) groups is 1. The number of hydrogen-bond donors (Lipinski definition) is 2. The fourth-order valence-electron chi connectivity index (χ4n) is 2.23. The lowest BCUT2D eigenvalue weighted by Gasteiger charge is -2.23. The van der Waals surface area contributed by atoms with Crippen molar-refractivity contribution in [3.63, 3.8) is 0 Å². The van der Waals surface area contributed by atoms with E-state index >= 15 is 0 Å². The van der Waals surface area contributed by atoms with Gasteiger partial charge in [-0.1, -0.05) is 0 Å². The van der Waals surface area contributed by atoms with Gasteiger partial charge < -0.3 is 10.6 Å². The molecular formula is C12H18Cl2N6O. The average Bonchev–Trinajstić information content (AvgIpc) is 2.85. The molecule has 1 aliphatic rings. The van der Waals surface area contributed by atoms with Crippen molar-refractivity contribution in [1.29, 1.82) is 0 Å². The molecule has 0 aromatic carbocycles. The molecule has 2 aromatic rings. The van der Waals surface area contributed by atoms with Crippen LogP contribution in [0.1, 0.15) is 29.2 Å². The maximum Gasteiger partial charge on any atom is 0.291 e. The number of amides is 1. The molecule has 2 N–H and O–H groups in total. The summed E-state index contributed by atoms with van der Waals surface area (Å²) >= 11 is 0. The first kappa shape index (κ1) is 17.6. The van der Waals surface area contributed by atoms with Gasteiger partial charge in [-0.15, -0.1) is 29.9 Å². The summed E-state index contributed by atoms with van der Waals surface area (Å²) in [7, 11) is 0. The van der Waals surface area contributed by atoms with E-state index in [2.05, 4.69) is 25.7 Å². The van der Waals surface area contributed by atoms with Crippen LogP contribution in [0.5, 0.6) is 0 Å². The topological polar surface area (TPSA) is 84.2 Å². The number of carbonyl (C=O) groups excluding carboxylic acids is 1. The fourth-order valence-corrected chi connectivity index (χ4v) is 2.23. The second-order valence-corrected chi connectivity index (χ2v) is 4.75. The summed E-state index contributed by atoms with van der Waals surface area (Å²) < 4.78 is 1.58. The van der Waals surface area contributed by atoms with Gasteiger partial charge >= 0.3 is 0 Å². The molecule has 3 heterocycles. The van der Waals surface area contributed by atoms with Gasteiger partial charge in [0.25, 0.3) is 11.7 Å². The van der Waals surface area contributed by atoms with Crippen LogP contribution in [-0.4, -0.2) is 44.6 Å². The van der Waals surface area contributed by atoms with Crippen LogP contribution in [0.4, 0.5) is 0 Å². The van der Waals surface area contributed by atoms with Gasteiger partial charge in [0.05, 0.1) is 0 Å². The van der Waals surface area contributed by atoms with E-state index in [-0.39, 0.29) is 42.6 Å². The maximum atomic E-state index is 12.1. The van der Waals surface area contributed by atoms with Crippen LogP contribution in [0.25, 0.3) is 5.78 Å². The molecule has 1 amide bonds. The number of rotatable bonds is 2. The normalized spacial score (nSPS) is 17.7. The summed E-state index contributed by atoms with van der Waals surface area (Å²) in [6.45, 7) is 3.72. The predicted octanol–water partition coefficient (Wildman–Crippen LogP) is 0.758. The van der Waals surface area contributed by atoms with Crippen molar-refractivity contribution in [2.24, 2.45) is 0 Å². The highest BCUT2D eigenvalue weighted by molar-refractivity contribution is 5.91. The molecular weight excluding hydrogens is 315 g/mol. The minimum absolute atomic E-state index is 0. The number of aryl methyl sites for hydroxylation is 1. The average molecular weight is 333 g/mol. The van der Waals surface area contributed by atoms with Crippen molar-refractivity contribution in [3.8, 4) is 0 Å². The van der Waals surface area contributed by atoms with E-state index < -0.39 is 0 Å². The van der Waals surface area contributed by atoms with Gasteiger partial charge in [0.1, 0.15) is 0 Å². The standard InChI is InChI=1S/C12H16N6O.2ClH/c1-8-4-6-14-12-16-10(17-18(8)12)11(19)15-9-3-2-5-13-7-9;;/h4,6,9,13H,2-3,5,7H2,1H3,(H,15,19);2*1H. The highest BCUT2D eigenvalue weighted by Gasteiger charge is 2.19. The number of hydrogen-bond acceptors (Lipinski definition) is 5. The summed E-state index contributed by atoms with van der Waals surface area (Å²) in [5, 5.41) is 10.4. The van der Waals surface area contributed by atoms with Crippen molar-refractivity contribution in [2.75, 3.05) is 13.1 Å². The molecule has 0 spiro atoms. The molecule has 0 aliphatic carbocycles. The van der Waals surface area contributed by atoms with Crippen LogP contribution in [0, 0.1) is 6.92 Å². The van der Waals surface area contributed by atoms with Crippen molar-refractivity contribution >= 4 is 36.5 Å². The number of piperidine rings is 1. The monoisotopic (exact) mass is 332 g/mol. The number of fused-ring (bicyclic) bond motifs is 1. The number of nitrogens with one attached hydrogen (secondary N) is 2. The maximum absolute atomic E-state index is 12.1. The molecule has 7 nitrogen and oxygen atoms in total. The Kier molecular flexibility index (Phi) is 6.32. The van der Waals surface area contributed by atoms with E-state index in [0.717, 1.165) is 31.6 Å². The highest BCUT2D eigenvalue weighted by Crippen LogP contribution is 2.04. The molecule has 1 aliphatic heterocycles. The van der Waals surface area contributed by atoms with Crippen LogP contribution in [0.15, 0.2) is 12.3 Å². The predicted molar refractivity (Wildman–Crippen MR) is 83.4 cm³/mol. The Balaban J connectivity index is 0.00000110. The Morgan fingerprint density at radius 2 is 2.29 bits per heavy atom. The van der Waals surface area contributed by atoms with Crippen LogP contribution in [0.3, 0.4) is 0 Å². The lowest BCUT2D eigenvalue weighted by atomic mass is 10.1. The van der Waals surface area contributed by atoms with Crippen LogP contribution in [0.2, 0.25) is 0 Å². The molecule has 0 bridgehead atoms. The van der Waals surface area contributed by atoms with Crippen molar-refractivity contribution in [1.82, 2.24) is 30.2 Å². The number of halogens is 2. The second-order valence-electron chi connectivity index (χ2n) is 4.75. The van der Waals surface area contributed by atoms with E-state index in [4.69, 9.17) is 0 Å². The lowest BCUT2D eigenvalue weighted by molar-refractivity contribution is 0.0920. The van der Waals surface area contributed by atoms with E-state index in [1.54, 1.807) is 10.7 Å². The minimum atomic E-state index is -0.237. The third-order valence-corrected chi connectivity index (χ3v) is 3.27. The SMILES string of the molecule is Cc1ccnc2nc(C(=O)NC3CCCNC3)nn12.Cl.Cl. The largest absolute Gasteiger partial charge is 0.345 e. The first-order valence-corrected chi connectivity index (χ1v) is 6.44. The van der Waals surface area contributed by atoms with Gasteiger partial charge in [-0.25, -0.2) is 9.50 Å². The van der Waals surface area contributed by atoms with Crippen molar-refractivity contribution in [2.45, 2.75) is 25.8 Å². The molecule has 1 fully saturated rings. The Labute approximate surface area is 134 Å². The Morgan fingerprint density at radius 1 is 1.48 bits per heavy atom. The Bertz CT molecular complexity index is 611. The molecule has 0 radical (unpaired) electrons. The second kappa shape index (κ2) is 7.53. The van der Waals surface area contributed by atoms with Gasteiger partial charge in [-0.3, -0.25) is 4.79 Å². The summed E-state index contributed by atoms with van der Waals surface area (Å²) in [6, 6.07) is 1.98. The molecule has 9 heteroatoms. The molecule has 1 atom stereocenters. The zero-order chi connectivity index (χ0) is 13.2. The first-order chi connectivity index (χ1) is 9.24. The van der Waals surface area contributed by atoms with Gasteiger partial charge in [0.15, 0.2) is 0 Å². The molecule has 1 saturated heterocycles. The molecule has 3 rings (SSSR count). The van der Waals surface area contributed by atoms with Crippen LogP contribution >= 0.6 is 24.8 Å². The Morgan fingerprint density at radius 3 is 2.95 bits per heavy atom. The molecule has 1 unspecified atom stereocenters. The zero-order valence-corrected chi connectivity index (χ0v) is 13.2. The van der Waals surface area contributed by atoms with E-state index in [1.165, 1.54) is 0 Å². The third kappa shape index (κ3) is 3.81. The van der Waals surface area contributed by atoms with Gasteiger partial charge in [-0.2, -0.15) is 4.98 Å². The minimum Gasteiger partial charge on any atom is -0.345 e. The van der Waals surface area contributed by atoms with Crippen LogP contribution < -0.4 is 10.6 Å². The van der Waals surface area contributed by atoms with E-state index in [9.17, 15) is 4.79 Å². The van der Waals surface area contributed by atoms with E-state index in [0.29, 0.717) is 5.78 Å². The smallest absolute Gasteiger partial charge is 0.291 e. The molecule has 2 aromatic heterocycles. The number of nitrogens with zero attached hydrogens (tertiary/aromatic N) is 4. The van der Waals surface area contributed by atoms with Gasteiger partial charge in [0, 0.05) is 24.5 Å². The van der Waals surface area contributed by atoms with Gasteiger partial charge in [-0.05, 0) is 32.4 Å². The third-order valence-electron chi connectivity index (χ3n) is 3.27. The lowest BCUT2D eigenvalue weighted by Crippen LogP contribution is -2.45. The molecule has 21 heavy (non-hydrogen) atoms. The van der Waals surface area contributed by atoms with E-state index in [1.807, 2.05) is 13.0 Å². The summed E-state index contributed by atoms with van der Waals surface area (Å²) in [4.78, 5) is 20.3. The quantitative estimate of drug-likeness (QED) is 0.848. The van der Waals surface area contributed by atoms with Crippen molar-refractivity contribution < 1.29 is 4.79 Å². The van der Waals surface area contributed by atoms with Crippen molar-refractivity contribution in [3.05, 3.63) is 23.8 Å². The Hall–Kier alpha value is -1.44. The first-order valence-electron chi connectivity index (χ1n) is 6.44. The summed E-state index contributed by atoms with van der Waals surface area (Å²) in [5.41, 5.74) is 0.899. The molecule has 116 valence electrons. The molecule has 0 saturated carbocycles. The van der Waals surface area contributed by atoms with Crippen LogP contribution in [-0.2, 0) is 0 Å².